The van der Waals surface area contributed by atoms with Gasteiger partial charge in [-0.05, 0) is 24.0 Å². The monoisotopic (exact) mass is 232 g/mol. The average molecular weight is 232 g/mol. The van der Waals surface area contributed by atoms with E-state index in [9.17, 15) is 4.79 Å². The Kier molecular flexibility index (Phi) is 2.85. The summed E-state index contributed by atoms with van der Waals surface area (Å²) in [5, 5.41) is 0. The van der Waals surface area contributed by atoms with Crippen molar-refractivity contribution in [2.45, 2.75) is 37.9 Å². The maximum Gasteiger partial charge on any atom is 0.335 e. The molecule has 0 saturated carbocycles. The van der Waals surface area contributed by atoms with E-state index < -0.39 is 0 Å². The SMILES string of the molecule is O=C(OC1Cc2ccccc2C1)C1CCCO1. The predicted octanol–water partition coefficient (Wildman–Crippen LogP) is 1.88. The van der Waals surface area contributed by atoms with Gasteiger partial charge in [0.1, 0.15) is 6.10 Å². The quantitative estimate of drug-likeness (QED) is 0.730. The molecule has 1 saturated heterocycles. The Morgan fingerprint density at radius 2 is 1.94 bits per heavy atom. The molecule has 90 valence electrons. The van der Waals surface area contributed by atoms with Gasteiger partial charge in [0.15, 0.2) is 6.10 Å². The van der Waals surface area contributed by atoms with E-state index >= 15 is 0 Å². The number of fused-ring (bicyclic) bond motifs is 1. The van der Waals surface area contributed by atoms with Crippen LogP contribution in [0, 0.1) is 0 Å². The van der Waals surface area contributed by atoms with Crippen molar-refractivity contribution in [3.05, 3.63) is 35.4 Å². The van der Waals surface area contributed by atoms with Gasteiger partial charge in [-0.3, -0.25) is 0 Å². The van der Waals surface area contributed by atoms with E-state index in [1.807, 2.05) is 12.1 Å². The van der Waals surface area contributed by atoms with E-state index in [1.165, 1.54) is 11.1 Å². The third kappa shape index (κ3) is 2.20. The van der Waals surface area contributed by atoms with E-state index in [4.69, 9.17) is 9.47 Å². The number of ether oxygens (including phenoxy) is 2. The lowest BCUT2D eigenvalue weighted by atomic mass is 10.1. The van der Waals surface area contributed by atoms with Crippen molar-refractivity contribution in [2.75, 3.05) is 6.61 Å². The Bertz CT molecular complexity index is 396. The molecule has 1 fully saturated rings. The molecule has 1 aromatic carbocycles. The minimum atomic E-state index is -0.321. The summed E-state index contributed by atoms with van der Waals surface area (Å²) in [6, 6.07) is 8.27. The zero-order chi connectivity index (χ0) is 11.7. The normalized spacial score (nSPS) is 23.6. The van der Waals surface area contributed by atoms with Crippen LogP contribution in [0.4, 0.5) is 0 Å². The summed E-state index contributed by atoms with van der Waals surface area (Å²) in [6.45, 7) is 0.685. The summed E-state index contributed by atoms with van der Waals surface area (Å²) < 4.78 is 10.8. The number of esters is 1. The van der Waals surface area contributed by atoms with Gasteiger partial charge in [-0.1, -0.05) is 24.3 Å². The second-order valence-electron chi connectivity index (χ2n) is 4.74. The third-order valence-corrected chi connectivity index (χ3v) is 3.49. The Morgan fingerprint density at radius 1 is 1.24 bits per heavy atom. The van der Waals surface area contributed by atoms with Crippen LogP contribution in [0.2, 0.25) is 0 Å². The van der Waals surface area contributed by atoms with E-state index in [-0.39, 0.29) is 18.2 Å². The molecular formula is C14H16O3. The van der Waals surface area contributed by atoms with Crippen molar-refractivity contribution in [1.29, 1.82) is 0 Å². The van der Waals surface area contributed by atoms with E-state index in [2.05, 4.69) is 12.1 Å². The third-order valence-electron chi connectivity index (χ3n) is 3.49. The molecule has 1 atom stereocenters. The molecule has 0 radical (unpaired) electrons. The number of hydrogen-bond donors (Lipinski definition) is 0. The van der Waals surface area contributed by atoms with Crippen molar-refractivity contribution in [1.82, 2.24) is 0 Å². The first-order chi connectivity index (χ1) is 8.33. The highest BCUT2D eigenvalue weighted by Crippen LogP contribution is 2.25. The van der Waals surface area contributed by atoms with Crippen LogP contribution in [-0.2, 0) is 27.1 Å². The maximum absolute atomic E-state index is 11.8. The molecule has 1 heterocycles. The van der Waals surface area contributed by atoms with Crippen LogP contribution in [-0.4, -0.2) is 24.8 Å². The lowest BCUT2D eigenvalue weighted by molar-refractivity contribution is -0.159. The van der Waals surface area contributed by atoms with Crippen molar-refractivity contribution in [3.8, 4) is 0 Å². The first-order valence-electron chi connectivity index (χ1n) is 6.22. The summed E-state index contributed by atoms with van der Waals surface area (Å²) in [5.41, 5.74) is 2.61. The molecule has 1 aromatic rings. The fraction of sp³-hybridized carbons (Fsp3) is 0.500. The number of carbonyl (C=O) groups is 1. The minimum Gasteiger partial charge on any atom is -0.460 e. The molecular weight excluding hydrogens is 216 g/mol. The van der Waals surface area contributed by atoms with Crippen LogP contribution in [0.5, 0.6) is 0 Å². The maximum atomic E-state index is 11.8. The Morgan fingerprint density at radius 3 is 2.53 bits per heavy atom. The molecule has 1 aliphatic carbocycles. The minimum absolute atomic E-state index is 0.00380. The summed E-state index contributed by atoms with van der Waals surface area (Å²) in [7, 11) is 0. The Balaban J connectivity index is 1.60. The van der Waals surface area contributed by atoms with E-state index in [0.29, 0.717) is 6.61 Å². The molecule has 1 aliphatic heterocycles. The van der Waals surface area contributed by atoms with Crippen molar-refractivity contribution in [2.24, 2.45) is 0 Å². The molecule has 3 nitrogen and oxygen atoms in total. The highest BCUT2D eigenvalue weighted by Gasteiger charge is 2.30. The molecule has 3 rings (SSSR count). The fourth-order valence-corrected chi connectivity index (χ4v) is 2.61. The van der Waals surface area contributed by atoms with E-state index in [0.717, 1.165) is 25.7 Å². The van der Waals surface area contributed by atoms with Gasteiger partial charge in [0.25, 0.3) is 0 Å². The number of benzene rings is 1. The highest BCUT2D eigenvalue weighted by atomic mass is 16.6. The molecule has 1 unspecified atom stereocenters. The standard InChI is InChI=1S/C14H16O3/c15-14(13-6-3-7-16-13)17-12-8-10-4-1-2-5-11(10)9-12/h1-2,4-5,12-13H,3,6-9H2. The smallest absolute Gasteiger partial charge is 0.335 e. The van der Waals surface area contributed by atoms with Crippen LogP contribution in [0.1, 0.15) is 24.0 Å². The van der Waals surface area contributed by atoms with Gasteiger partial charge in [0.2, 0.25) is 0 Å². The number of rotatable bonds is 2. The first-order valence-corrected chi connectivity index (χ1v) is 6.22. The van der Waals surface area contributed by atoms with Gasteiger partial charge < -0.3 is 9.47 Å². The van der Waals surface area contributed by atoms with Gasteiger partial charge in [-0.25, -0.2) is 4.79 Å². The molecule has 0 bridgehead atoms. The zero-order valence-corrected chi connectivity index (χ0v) is 9.72. The zero-order valence-electron chi connectivity index (χ0n) is 9.72. The largest absolute Gasteiger partial charge is 0.460 e. The van der Waals surface area contributed by atoms with E-state index in [1.54, 1.807) is 0 Å². The first kappa shape index (κ1) is 10.8. The highest BCUT2D eigenvalue weighted by molar-refractivity contribution is 5.75. The summed E-state index contributed by atoms with van der Waals surface area (Å²) in [6.07, 6.45) is 3.13. The molecule has 2 aliphatic rings. The van der Waals surface area contributed by atoms with Crippen LogP contribution in [0.15, 0.2) is 24.3 Å². The van der Waals surface area contributed by atoms with Crippen LogP contribution < -0.4 is 0 Å². The van der Waals surface area contributed by atoms with Gasteiger partial charge >= 0.3 is 5.97 Å². The van der Waals surface area contributed by atoms with Crippen LogP contribution in [0.25, 0.3) is 0 Å². The number of carbonyl (C=O) groups excluding carboxylic acids is 1. The second-order valence-corrected chi connectivity index (χ2v) is 4.74. The fourth-order valence-electron chi connectivity index (χ4n) is 2.61. The van der Waals surface area contributed by atoms with Gasteiger partial charge in [-0.2, -0.15) is 0 Å². The Labute approximate surface area is 101 Å². The Hall–Kier alpha value is -1.35. The van der Waals surface area contributed by atoms with Gasteiger partial charge in [-0.15, -0.1) is 0 Å². The predicted molar refractivity (Wildman–Crippen MR) is 62.7 cm³/mol. The van der Waals surface area contributed by atoms with Gasteiger partial charge in [0, 0.05) is 19.4 Å². The topological polar surface area (TPSA) is 35.5 Å². The molecule has 0 spiro atoms. The lowest BCUT2D eigenvalue weighted by Gasteiger charge is -2.14. The molecule has 3 heteroatoms. The van der Waals surface area contributed by atoms with Gasteiger partial charge in [0.05, 0.1) is 0 Å². The molecule has 0 amide bonds. The van der Waals surface area contributed by atoms with Crippen molar-refractivity contribution < 1.29 is 14.3 Å². The summed E-state index contributed by atoms with van der Waals surface area (Å²) >= 11 is 0. The second kappa shape index (κ2) is 4.49. The molecule has 17 heavy (non-hydrogen) atoms. The van der Waals surface area contributed by atoms with Crippen molar-refractivity contribution >= 4 is 5.97 Å². The molecule has 0 aromatic heterocycles. The van der Waals surface area contributed by atoms with Crippen molar-refractivity contribution in [3.63, 3.8) is 0 Å². The summed E-state index contributed by atoms with van der Waals surface area (Å²) in [5.74, 6) is -0.180. The average Bonchev–Trinajstić information content (AvgIpc) is 2.97. The number of hydrogen-bond acceptors (Lipinski definition) is 3. The van der Waals surface area contributed by atoms with Crippen LogP contribution >= 0.6 is 0 Å². The molecule has 0 N–H and O–H groups in total. The lowest BCUT2D eigenvalue weighted by Crippen LogP contribution is -2.27. The van der Waals surface area contributed by atoms with Crippen LogP contribution in [0.3, 0.4) is 0 Å². The summed E-state index contributed by atoms with van der Waals surface area (Å²) in [4.78, 5) is 11.8.